The first kappa shape index (κ1) is 20.3. The van der Waals surface area contributed by atoms with Crippen molar-refractivity contribution in [3.8, 4) is 11.5 Å². The van der Waals surface area contributed by atoms with Crippen LogP contribution in [0.2, 0.25) is 0 Å². The first-order valence-corrected chi connectivity index (χ1v) is 9.37. The fraction of sp³-hybridized carbons (Fsp3) is 0.273. The predicted molar refractivity (Wildman–Crippen MR) is 109 cm³/mol. The molecule has 0 spiro atoms. The van der Waals surface area contributed by atoms with Crippen LogP contribution in [0.1, 0.15) is 23.6 Å². The molecule has 3 aromatic rings. The third-order valence-electron chi connectivity index (χ3n) is 4.47. The van der Waals surface area contributed by atoms with Crippen molar-refractivity contribution in [2.75, 3.05) is 13.2 Å². The Morgan fingerprint density at radius 1 is 0.966 bits per heavy atom. The first-order valence-electron chi connectivity index (χ1n) is 9.37. The van der Waals surface area contributed by atoms with E-state index in [1.165, 1.54) is 0 Å². The van der Waals surface area contributed by atoms with Crippen molar-refractivity contribution in [2.24, 2.45) is 0 Å². The maximum atomic E-state index is 12.2. The average Bonchev–Trinajstić information content (AvgIpc) is 3.07. The number of hydrogen-bond acceptors (Lipinski definition) is 5. The third-order valence-corrected chi connectivity index (χ3v) is 4.47. The van der Waals surface area contributed by atoms with E-state index in [1.54, 1.807) is 24.5 Å². The number of fused-ring (bicyclic) bond motifs is 1. The molecule has 0 aliphatic carbocycles. The van der Waals surface area contributed by atoms with E-state index in [2.05, 4.69) is 10.9 Å². The Morgan fingerprint density at radius 3 is 2.34 bits per heavy atom. The SMILES string of the molecule is CCOc1ccccc1OCC(=O)NNC(=O)Cc1coc2cc(C)c(C)cc12. The molecule has 0 aliphatic heterocycles. The van der Waals surface area contributed by atoms with Gasteiger partial charge in [0.05, 0.1) is 19.3 Å². The fourth-order valence-electron chi connectivity index (χ4n) is 2.85. The quantitative estimate of drug-likeness (QED) is 0.599. The lowest BCUT2D eigenvalue weighted by atomic mass is 10.0. The molecular weight excluding hydrogens is 372 g/mol. The Kier molecular flexibility index (Phi) is 6.39. The van der Waals surface area contributed by atoms with Crippen LogP contribution in [0.15, 0.2) is 47.1 Å². The number of nitrogens with one attached hydrogen (secondary N) is 2. The topological polar surface area (TPSA) is 89.8 Å². The molecule has 1 heterocycles. The van der Waals surface area contributed by atoms with E-state index in [0.717, 1.165) is 27.7 Å². The van der Waals surface area contributed by atoms with Gasteiger partial charge in [-0.1, -0.05) is 12.1 Å². The second-order valence-electron chi connectivity index (χ2n) is 6.64. The number of rotatable bonds is 7. The highest BCUT2D eigenvalue weighted by Crippen LogP contribution is 2.26. The maximum absolute atomic E-state index is 12.2. The van der Waals surface area contributed by atoms with Crippen molar-refractivity contribution >= 4 is 22.8 Å². The molecule has 1 aromatic heterocycles. The fourth-order valence-corrected chi connectivity index (χ4v) is 2.85. The monoisotopic (exact) mass is 396 g/mol. The van der Waals surface area contributed by atoms with Crippen molar-refractivity contribution in [1.82, 2.24) is 10.9 Å². The summed E-state index contributed by atoms with van der Waals surface area (Å²) in [5.41, 5.74) is 8.49. The highest BCUT2D eigenvalue weighted by Gasteiger charge is 2.13. The van der Waals surface area contributed by atoms with E-state index in [1.807, 2.05) is 39.0 Å². The summed E-state index contributed by atoms with van der Waals surface area (Å²) < 4.78 is 16.4. The summed E-state index contributed by atoms with van der Waals surface area (Å²) in [6.07, 6.45) is 1.66. The van der Waals surface area contributed by atoms with Gasteiger partial charge in [0.15, 0.2) is 18.1 Å². The summed E-state index contributed by atoms with van der Waals surface area (Å²) in [5, 5.41) is 0.894. The van der Waals surface area contributed by atoms with Crippen LogP contribution in [0.4, 0.5) is 0 Å². The summed E-state index contributed by atoms with van der Waals surface area (Å²) in [7, 11) is 0. The van der Waals surface area contributed by atoms with Gasteiger partial charge in [-0.05, 0) is 56.2 Å². The molecule has 2 amide bonds. The molecule has 0 bridgehead atoms. The van der Waals surface area contributed by atoms with E-state index >= 15 is 0 Å². The second-order valence-corrected chi connectivity index (χ2v) is 6.64. The van der Waals surface area contributed by atoms with Crippen molar-refractivity contribution in [1.29, 1.82) is 0 Å². The van der Waals surface area contributed by atoms with Gasteiger partial charge < -0.3 is 13.9 Å². The highest BCUT2D eigenvalue weighted by atomic mass is 16.5. The van der Waals surface area contributed by atoms with Gasteiger partial charge >= 0.3 is 0 Å². The van der Waals surface area contributed by atoms with Crippen molar-refractivity contribution in [3.63, 3.8) is 0 Å². The Bertz CT molecular complexity index is 1030. The van der Waals surface area contributed by atoms with Gasteiger partial charge in [0.25, 0.3) is 5.91 Å². The number of furan rings is 1. The molecule has 152 valence electrons. The van der Waals surface area contributed by atoms with Gasteiger partial charge in [-0.15, -0.1) is 0 Å². The normalized spacial score (nSPS) is 10.6. The molecule has 0 unspecified atom stereocenters. The highest BCUT2D eigenvalue weighted by molar-refractivity contribution is 5.89. The van der Waals surface area contributed by atoms with Crippen molar-refractivity contribution in [2.45, 2.75) is 27.2 Å². The van der Waals surface area contributed by atoms with E-state index in [9.17, 15) is 9.59 Å². The van der Waals surface area contributed by atoms with Crippen LogP contribution in [0.5, 0.6) is 11.5 Å². The number of carbonyl (C=O) groups is 2. The molecule has 29 heavy (non-hydrogen) atoms. The van der Waals surface area contributed by atoms with Crippen LogP contribution in [-0.2, 0) is 16.0 Å². The largest absolute Gasteiger partial charge is 0.490 e. The number of hydrogen-bond donors (Lipinski definition) is 2. The molecule has 0 saturated carbocycles. The molecule has 0 fully saturated rings. The summed E-state index contributed by atoms with van der Waals surface area (Å²) in [4.78, 5) is 24.2. The van der Waals surface area contributed by atoms with Gasteiger partial charge in [0, 0.05) is 10.9 Å². The molecule has 3 rings (SSSR count). The minimum atomic E-state index is -0.479. The predicted octanol–water partition coefficient (Wildman–Crippen LogP) is 3.22. The number of aryl methyl sites for hydroxylation is 2. The Hall–Kier alpha value is -3.48. The summed E-state index contributed by atoms with van der Waals surface area (Å²) in [6, 6.07) is 11.0. The Balaban J connectivity index is 1.51. The standard InChI is InChI=1S/C22H24N2O5/c1-4-27-18-7-5-6-8-19(18)29-13-22(26)24-23-21(25)11-16-12-28-20-10-15(3)14(2)9-17(16)20/h5-10,12H,4,11,13H2,1-3H3,(H,23,25)(H,24,26). The number of ether oxygens (including phenoxy) is 2. The van der Waals surface area contributed by atoms with Crippen molar-refractivity contribution < 1.29 is 23.5 Å². The van der Waals surface area contributed by atoms with Crippen LogP contribution in [-0.4, -0.2) is 25.0 Å². The van der Waals surface area contributed by atoms with E-state index in [0.29, 0.717) is 18.1 Å². The second kappa shape index (κ2) is 9.14. The maximum Gasteiger partial charge on any atom is 0.276 e. The molecule has 7 nitrogen and oxygen atoms in total. The van der Waals surface area contributed by atoms with E-state index in [4.69, 9.17) is 13.9 Å². The molecule has 2 N–H and O–H groups in total. The smallest absolute Gasteiger partial charge is 0.276 e. The number of benzene rings is 2. The summed E-state index contributed by atoms with van der Waals surface area (Å²) in [6.45, 7) is 6.12. The average molecular weight is 396 g/mol. The minimum Gasteiger partial charge on any atom is -0.490 e. The zero-order chi connectivity index (χ0) is 20.8. The molecule has 2 aromatic carbocycles. The zero-order valence-electron chi connectivity index (χ0n) is 16.7. The third kappa shape index (κ3) is 5.07. The summed E-state index contributed by atoms with van der Waals surface area (Å²) >= 11 is 0. The van der Waals surface area contributed by atoms with E-state index < -0.39 is 5.91 Å². The lowest BCUT2D eigenvalue weighted by Crippen LogP contribution is -2.44. The number of carbonyl (C=O) groups excluding carboxylic acids is 2. The number of para-hydroxylation sites is 2. The van der Waals surface area contributed by atoms with Crippen molar-refractivity contribution in [3.05, 3.63) is 59.4 Å². The zero-order valence-corrected chi connectivity index (χ0v) is 16.7. The molecule has 0 atom stereocenters. The summed E-state index contributed by atoms with van der Waals surface area (Å²) in [5.74, 6) is 0.192. The lowest BCUT2D eigenvalue weighted by Gasteiger charge is -2.12. The van der Waals surface area contributed by atoms with Gasteiger partial charge in [-0.2, -0.15) is 0 Å². The van der Waals surface area contributed by atoms with Crippen LogP contribution in [0, 0.1) is 13.8 Å². The molecule has 7 heteroatoms. The molecule has 0 saturated heterocycles. The molecule has 0 aliphatic rings. The molecular formula is C22H24N2O5. The van der Waals surface area contributed by atoms with E-state index in [-0.39, 0.29) is 18.9 Å². The van der Waals surface area contributed by atoms with Crippen LogP contribution in [0.25, 0.3) is 11.0 Å². The minimum absolute atomic E-state index is 0.0871. The van der Waals surface area contributed by atoms with Gasteiger partial charge in [0.2, 0.25) is 5.91 Å². The van der Waals surface area contributed by atoms with Gasteiger partial charge in [0.1, 0.15) is 5.58 Å². The number of hydrazine groups is 1. The number of amides is 2. The van der Waals surface area contributed by atoms with Crippen LogP contribution in [0.3, 0.4) is 0 Å². The Morgan fingerprint density at radius 2 is 1.62 bits per heavy atom. The molecule has 0 radical (unpaired) electrons. The lowest BCUT2D eigenvalue weighted by molar-refractivity contribution is -0.129. The first-order chi connectivity index (χ1) is 14.0. The van der Waals surface area contributed by atoms with Crippen LogP contribution >= 0.6 is 0 Å². The van der Waals surface area contributed by atoms with Crippen LogP contribution < -0.4 is 20.3 Å². The Labute approximate surface area is 169 Å². The van der Waals surface area contributed by atoms with Gasteiger partial charge in [-0.3, -0.25) is 20.4 Å². The van der Waals surface area contributed by atoms with Gasteiger partial charge in [-0.25, -0.2) is 0 Å².